The van der Waals surface area contributed by atoms with E-state index in [0.29, 0.717) is 6.10 Å². The Balaban J connectivity index is 2.32. The van der Waals surface area contributed by atoms with Gasteiger partial charge in [0.1, 0.15) is 0 Å². The van der Waals surface area contributed by atoms with E-state index in [1.54, 1.807) is 5.57 Å². The van der Waals surface area contributed by atoms with Gasteiger partial charge in [0.2, 0.25) is 0 Å². The van der Waals surface area contributed by atoms with E-state index < -0.39 is 0 Å². The Bertz CT molecular complexity index is 154. The second kappa shape index (κ2) is 3.91. The molecule has 0 amide bonds. The summed E-state index contributed by atoms with van der Waals surface area (Å²) in [5.74, 6) is 0. The Kier molecular flexibility index (Phi) is 3.13. The standard InChI is InChI=1S/C10H18O/c1-4-5-8(2)9(3)6-10-7-11-10/h10H,4-7H2,1-3H3. The van der Waals surface area contributed by atoms with Crippen LogP contribution in [0, 0.1) is 0 Å². The molecular weight excluding hydrogens is 136 g/mol. The second-order valence-corrected chi connectivity index (χ2v) is 3.47. The molecule has 1 atom stereocenters. The highest BCUT2D eigenvalue weighted by atomic mass is 16.6. The summed E-state index contributed by atoms with van der Waals surface area (Å²) < 4.78 is 5.17. The Morgan fingerprint density at radius 1 is 1.36 bits per heavy atom. The molecule has 1 aliphatic rings. The van der Waals surface area contributed by atoms with Gasteiger partial charge in [-0.2, -0.15) is 0 Å². The molecule has 64 valence electrons. The number of allylic oxidation sites excluding steroid dienone is 1. The van der Waals surface area contributed by atoms with Gasteiger partial charge in [0.25, 0.3) is 0 Å². The van der Waals surface area contributed by atoms with Crippen LogP contribution in [0.25, 0.3) is 0 Å². The zero-order valence-corrected chi connectivity index (χ0v) is 7.81. The van der Waals surface area contributed by atoms with Gasteiger partial charge in [-0.15, -0.1) is 0 Å². The van der Waals surface area contributed by atoms with Gasteiger partial charge in [0, 0.05) is 0 Å². The lowest BCUT2D eigenvalue weighted by atomic mass is 10.0. The van der Waals surface area contributed by atoms with Gasteiger partial charge in [0.15, 0.2) is 0 Å². The van der Waals surface area contributed by atoms with Crippen LogP contribution in [0.4, 0.5) is 0 Å². The van der Waals surface area contributed by atoms with E-state index in [1.807, 2.05) is 0 Å². The third kappa shape index (κ3) is 3.06. The Hall–Kier alpha value is -0.300. The topological polar surface area (TPSA) is 12.5 Å². The Morgan fingerprint density at radius 3 is 2.45 bits per heavy atom. The molecule has 0 aliphatic carbocycles. The molecule has 0 bridgehead atoms. The van der Waals surface area contributed by atoms with Crippen LogP contribution in [0.15, 0.2) is 11.1 Å². The second-order valence-electron chi connectivity index (χ2n) is 3.47. The predicted molar refractivity (Wildman–Crippen MR) is 47.6 cm³/mol. The summed E-state index contributed by atoms with van der Waals surface area (Å²) in [6.45, 7) is 7.68. The zero-order chi connectivity index (χ0) is 8.27. The molecule has 1 heterocycles. The molecule has 11 heavy (non-hydrogen) atoms. The maximum Gasteiger partial charge on any atom is 0.0846 e. The van der Waals surface area contributed by atoms with Crippen molar-refractivity contribution >= 4 is 0 Å². The van der Waals surface area contributed by atoms with E-state index in [4.69, 9.17) is 4.74 Å². The number of epoxide rings is 1. The molecule has 1 heteroatoms. The van der Waals surface area contributed by atoms with Gasteiger partial charge in [-0.05, 0) is 26.7 Å². The van der Waals surface area contributed by atoms with Gasteiger partial charge in [0.05, 0.1) is 12.7 Å². The normalized spacial score (nSPS) is 24.8. The fourth-order valence-electron chi connectivity index (χ4n) is 1.29. The first-order chi connectivity index (χ1) is 5.24. The average Bonchev–Trinajstić information content (AvgIpc) is 2.72. The quantitative estimate of drug-likeness (QED) is 0.448. The molecule has 0 radical (unpaired) electrons. The van der Waals surface area contributed by atoms with Crippen LogP contribution in [-0.4, -0.2) is 12.7 Å². The van der Waals surface area contributed by atoms with Gasteiger partial charge >= 0.3 is 0 Å². The Morgan fingerprint density at radius 2 is 2.00 bits per heavy atom. The fourth-order valence-corrected chi connectivity index (χ4v) is 1.29. The van der Waals surface area contributed by atoms with Crippen molar-refractivity contribution in [2.45, 2.75) is 46.1 Å². The lowest BCUT2D eigenvalue weighted by Crippen LogP contribution is -1.90. The SMILES string of the molecule is CCCC(C)=C(C)CC1CO1. The molecule has 0 aromatic heterocycles. The van der Waals surface area contributed by atoms with Crippen molar-refractivity contribution in [2.24, 2.45) is 0 Å². The molecule has 1 nitrogen and oxygen atoms in total. The van der Waals surface area contributed by atoms with Crippen molar-refractivity contribution in [3.63, 3.8) is 0 Å². The molecule has 0 N–H and O–H groups in total. The molecule has 0 aromatic carbocycles. The molecule has 1 aliphatic heterocycles. The summed E-state index contributed by atoms with van der Waals surface area (Å²) in [7, 11) is 0. The van der Waals surface area contributed by atoms with Gasteiger partial charge in [-0.3, -0.25) is 0 Å². The first-order valence-electron chi connectivity index (χ1n) is 4.51. The first kappa shape index (κ1) is 8.79. The molecule has 0 aromatic rings. The third-order valence-electron chi connectivity index (χ3n) is 2.29. The minimum absolute atomic E-state index is 0.557. The van der Waals surface area contributed by atoms with E-state index in [9.17, 15) is 0 Å². The maximum atomic E-state index is 5.17. The van der Waals surface area contributed by atoms with Crippen LogP contribution in [0.1, 0.15) is 40.0 Å². The van der Waals surface area contributed by atoms with E-state index in [0.717, 1.165) is 13.0 Å². The van der Waals surface area contributed by atoms with Crippen LogP contribution < -0.4 is 0 Å². The third-order valence-corrected chi connectivity index (χ3v) is 2.29. The van der Waals surface area contributed by atoms with Crippen molar-refractivity contribution in [1.82, 2.24) is 0 Å². The van der Waals surface area contributed by atoms with Crippen LogP contribution in [-0.2, 0) is 4.74 Å². The molecule has 1 fully saturated rings. The molecular formula is C10H18O. The summed E-state index contributed by atoms with van der Waals surface area (Å²) in [4.78, 5) is 0. The zero-order valence-electron chi connectivity index (χ0n) is 7.81. The van der Waals surface area contributed by atoms with Crippen LogP contribution in [0.5, 0.6) is 0 Å². The van der Waals surface area contributed by atoms with Crippen molar-refractivity contribution in [3.8, 4) is 0 Å². The van der Waals surface area contributed by atoms with Crippen molar-refractivity contribution in [2.75, 3.05) is 6.61 Å². The lowest BCUT2D eigenvalue weighted by molar-refractivity contribution is 0.406. The van der Waals surface area contributed by atoms with E-state index in [-0.39, 0.29) is 0 Å². The summed E-state index contributed by atoms with van der Waals surface area (Å²) in [5.41, 5.74) is 3.09. The molecule has 0 spiro atoms. The smallest absolute Gasteiger partial charge is 0.0846 e. The molecule has 1 unspecified atom stereocenters. The fraction of sp³-hybridized carbons (Fsp3) is 0.800. The lowest BCUT2D eigenvalue weighted by Gasteiger charge is -2.03. The largest absolute Gasteiger partial charge is 0.373 e. The monoisotopic (exact) mass is 154 g/mol. The van der Waals surface area contributed by atoms with E-state index in [2.05, 4.69) is 20.8 Å². The van der Waals surface area contributed by atoms with E-state index in [1.165, 1.54) is 18.4 Å². The maximum absolute atomic E-state index is 5.17. The van der Waals surface area contributed by atoms with Gasteiger partial charge < -0.3 is 4.74 Å². The van der Waals surface area contributed by atoms with Crippen LogP contribution in [0.3, 0.4) is 0 Å². The number of rotatable bonds is 4. The van der Waals surface area contributed by atoms with Crippen molar-refractivity contribution in [3.05, 3.63) is 11.1 Å². The Labute approximate surface area is 69.4 Å². The molecule has 1 saturated heterocycles. The summed E-state index contributed by atoms with van der Waals surface area (Å²) in [6.07, 6.45) is 4.22. The van der Waals surface area contributed by atoms with Crippen LogP contribution in [0.2, 0.25) is 0 Å². The predicted octanol–water partition coefficient (Wildman–Crippen LogP) is 2.91. The summed E-state index contributed by atoms with van der Waals surface area (Å²) in [6, 6.07) is 0. The minimum atomic E-state index is 0.557. The molecule has 1 rings (SSSR count). The van der Waals surface area contributed by atoms with Crippen LogP contribution >= 0.6 is 0 Å². The average molecular weight is 154 g/mol. The number of ether oxygens (including phenoxy) is 1. The minimum Gasteiger partial charge on any atom is -0.373 e. The number of hydrogen-bond acceptors (Lipinski definition) is 1. The van der Waals surface area contributed by atoms with E-state index >= 15 is 0 Å². The highest BCUT2D eigenvalue weighted by Gasteiger charge is 2.22. The first-order valence-corrected chi connectivity index (χ1v) is 4.51. The molecule has 0 saturated carbocycles. The van der Waals surface area contributed by atoms with Crippen molar-refractivity contribution < 1.29 is 4.74 Å². The number of hydrogen-bond donors (Lipinski definition) is 0. The summed E-state index contributed by atoms with van der Waals surface area (Å²) >= 11 is 0. The van der Waals surface area contributed by atoms with Gasteiger partial charge in [-0.25, -0.2) is 0 Å². The highest BCUT2D eigenvalue weighted by molar-refractivity contribution is 5.11. The van der Waals surface area contributed by atoms with Gasteiger partial charge in [-0.1, -0.05) is 24.5 Å². The summed E-state index contributed by atoms with van der Waals surface area (Å²) in [5, 5.41) is 0. The highest BCUT2D eigenvalue weighted by Crippen LogP contribution is 2.22. The van der Waals surface area contributed by atoms with Crippen molar-refractivity contribution in [1.29, 1.82) is 0 Å².